The van der Waals surface area contributed by atoms with E-state index in [1.54, 1.807) is 0 Å². The van der Waals surface area contributed by atoms with Gasteiger partial charge in [0.25, 0.3) is 0 Å². The van der Waals surface area contributed by atoms with Crippen molar-refractivity contribution >= 4 is 28.6 Å². The molecule has 4 aromatic rings. The number of halogens is 1. The molecular weight excluding hydrogens is 342 g/mol. The highest BCUT2D eigenvalue weighted by molar-refractivity contribution is 6.30. The molecule has 0 radical (unpaired) electrons. The lowest BCUT2D eigenvalue weighted by Gasteiger charge is -2.33. The summed E-state index contributed by atoms with van der Waals surface area (Å²) >= 11 is 6.12. The second-order valence-corrected chi connectivity index (χ2v) is 7.14. The average Bonchev–Trinajstić information content (AvgIpc) is 3.07. The summed E-state index contributed by atoms with van der Waals surface area (Å²) in [7, 11) is 0. The summed E-state index contributed by atoms with van der Waals surface area (Å²) < 4.78 is 2.32. The largest absolute Gasteiger partial charge is 0.349 e. The van der Waals surface area contributed by atoms with Crippen molar-refractivity contribution in [1.29, 1.82) is 0 Å². The van der Waals surface area contributed by atoms with E-state index >= 15 is 0 Å². The zero-order valence-corrected chi connectivity index (χ0v) is 14.9. The van der Waals surface area contributed by atoms with Crippen LogP contribution in [-0.2, 0) is 0 Å². The molecule has 0 aliphatic carbocycles. The van der Waals surface area contributed by atoms with Gasteiger partial charge in [0.05, 0.1) is 23.1 Å². The number of para-hydroxylation sites is 2. The first-order valence-electron chi connectivity index (χ1n) is 8.83. The molecule has 0 spiro atoms. The van der Waals surface area contributed by atoms with Gasteiger partial charge in [-0.1, -0.05) is 66.2 Å². The van der Waals surface area contributed by atoms with Gasteiger partial charge in [-0.3, -0.25) is 0 Å². The summed E-state index contributed by atoms with van der Waals surface area (Å²) in [5, 5.41) is 4.40. The summed E-state index contributed by atoms with van der Waals surface area (Å²) in [6.45, 7) is 0. The quantitative estimate of drug-likeness (QED) is 0.487. The summed E-state index contributed by atoms with van der Waals surface area (Å²) in [4.78, 5) is 4.85. The Labute approximate surface area is 157 Å². The van der Waals surface area contributed by atoms with Crippen LogP contribution in [0.1, 0.15) is 29.6 Å². The van der Waals surface area contributed by atoms with Gasteiger partial charge in [-0.05, 0) is 41.8 Å². The van der Waals surface area contributed by atoms with Gasteiger partial charge in [-0.15, -0.1) is 0 Å². The number of nitrogens with zero attached hydrogens (tertiary/aromatic N) is 2. The summed E-state index contributed by atoms with van der Waals surface area (Å²) in [6, 6.07) is 27.5. The lowest BCUT2D eigenvalue weighted by Crippen LogP contribution is -2.27. The minimum atomic E-state index is 0.209. The number of hydrogen-bond acceptors (Lipinski definition) is 2. The standard InChI is InChI=1S/C22H18ClN3/c23-17-12-10-16(11-13-17)21-14-19(15-6-2-1-3-7-15)25-22-24-18-8-4-5-9-20(18)26(21)22/h1-13,19,21H,14H2,(H,24,25). The first-order valence-corrected chi connectivity index (χ1v) is 9.21. The molecule has 1 aromatic heterocycles. The number of nitrogens with one attached hydrogen (secondary N) is 1. The molecule has 0 amide bonds. The third-order valence-corrected chi connectivity index (χ3v) is 5.38. The van der Waals surface area contributed by atoms with Crippen molar-refractivity contribution in [3.05, 3.63) is 95.0 Å². The highest BCUT2D eigenvalue weighted by Gasteiger charge is 2.30. The van der Waals surface area contributed by atoms with E-state index in [0.29, 0.717) is 0 Å². The maximum atomic E-state index is 6.12. The van der Waals surface area contributed by atoms with E-state index in [4.69, 9.17) is 16.6 Å². The number of hydrogen-bond donors (Lipinski definition) is 1. The van der Waals surface area contributed by atoms with Crippen LogP contribution in [0.25, 0.3) is 11.0 Å². The molecule has 0 bridgehead atoms. The zero-order valence-electron chi connectivity index (χ0n) is 14.1. The van der Waals surface area contributed by atoms with Gasteiger partial charge in [-0.2, -0.15) is 0 Å². The van der Waals surface area contributed by atoms with Crippen LogP contribution in [0.3, 0.4) is 0 Å². The summed E-state index contributed by atoms with van der Waals surface area (Å²) in [6.07, 6.45) is 0.957. The minimum absolute atomic E-state index is 0.209. The fourth-order valence-corrected chi connectivity index (χ4v) is 4.01. The number of aromatic nitrogens is 2. The van der Waals surface area contributed by atoms with Gasteiger partial charge in [0, 0.05) is 5.02 Å². The minimum Gasteiger partial charge on any atom is -0.349 e. The van der Waals surface area contributed by atoms with Gasteiger partial charge >= 0.3 is 0 Å². The van der Waals surface area contributed by atoms with E-state index in [9.17, 15) is 0 Å². The SMILES string of the molecule is Clc1ccc(C2CC(c3ccccc3)Nc3nc4ccccc4n32)cc1. The van der Waals surface area contributed by atoms with Crippen LogP contribution in [0.5, 0.6) is 0 Å². The van der Waals surface area contributed by atoms with E-state index in [1.807, 2.05) is 18.2 Å². The molecule has 1 aliphatic heterocycles. The predicted molar refractivity (Wildman–Crippen MR) is 107 cm³/mol. The molecule has 0 saturated heterocycles. The van der Waals surface area contributed by atoms with Crippen LogP contribution >= 0.6 is 11.6 Å². The first kappa shape index (κ1) is 15.5. The second kappa shape index (κ2) is 6.19. The Hall–Kier alpha value is -2.78. The van der Waals surface area contributed by atoms with E-state index in [2.05, 4.69) is 70.5 Å². The number of anilines is 1. The molecule has 3 aromatic carbocycles. The van der Waals surface area contributed by atoms with E-state index < -0.39 is 0 Å². The lowest BCUT2D eigenvalue weighted by atomic mass is 9.93. The molecule has 0 saturated carbocycles. The first-order chi connectivity index (χ1) is 12.8. The Morgan fingerprint density at radius 1 is 0.846 bits per heavy atom. The normalized spacial score (nSPS) is 19.1. The van der Waals surface area contributed by atoms with Crippen molar-refractivity contribution in [1.82, 2.24) is 9.55 Å². The number of imidazole rings is 1. The maximum absolute atomic E-state index is 6.12. The number of benzene rings is 3. The Morgan fingerprint density at radius 2 is 1.58 bits per heavy atom. The topological polar surface area (TPSA) is 29.9 Å². The highest BCUT2D eigenvalue weighted by atomic mass is 35.5. The van der Waals surface area contributed by atoms with Crippen LogP contribution in [0.15, 0.2) is 78.9 Å². The Kier molecular flexibility index (Phi) is 3.68. The molecule has 26 heavy (non-hydrogen) atoms. The summed E-state index contributed by atoms with van der Waals surface area (Å²) in [5.74, 6) is 0.922. The maximum Gasteiger partial charge on any atom is 0.204 e. The van der Waals surface area contributed by atoms with Crippen LogP contribution < -0.4 is 5.32 Å². The van der Waals surface area contributed by atoms with Crippen LogP contribution in [-0.4, -0.2) is 9.55 Å². The van der Waals surface area contributed by atoms with Gasteiger partial charge < -0.3 is 9.88 Å². The van der Waals surface area contributed by atoms with Crippen molar-refractivity contribution in [2.75, 3.05) is 5.32 Å². The third kappa shape index (κ3) is 2.56. The van der Waals surface area contributed by atoms with Crippen molar-refractivity contribution in [2.24, 2.45) is 0 Å². The Bertz CT molecular complexity index is 1050. The van der Waals surface area contributed by atoms with E-state index in [-0.39, 0.29) is 12.1 Å². The molecule has 5 rings (SSSR count). The molecule has 1 N–H and O–H groups in total. The van der Waals surface area contributed by atoms with Gasteiger partial charge in [0.1, 0.15) is 0 Å². The zero-order chi connectivity index (χ0) is 17.5. The van der Waals surface area contributed by atoms with Crippen molar-refractivity contribution in [2.45, 2.75) is 18.5 Å². The lowest BCUT2D eigenvalue weighted by molar-refractivity contribution is 0.477. The molecule has 2 unspecified atom stereocenters. The summed E-state index contributed by atoms with van der Waals surface area (Å²) in [5.41, 5.74) is 4.70. The molecular formula is C22H18ClN3. The van der Waals surface area contributed by atoms with Crippen LogP contribution in [0.2, 0.25) is 5.02 Å². The second-order valence-electron chi connectivity index (χ2n) is 6.70. The van der Waals surface area contributed by atoms with E-state index in [1.165, 1.54) is 11.1 Å². The monoisotopic (exact) mass is 359 g/mol. The third-order valence-electron chi connectivity index (χ3n) is 5.13. The fraction of sp³-hybridized carbons (Fsp3) is 0.136. The number of fused-ring (bicyclic) bond motifs is 3. The number of rotatable bonds is 2. The molecule has 128 valence electrons. The molecule has 0 fully saturated rings. The Balaban J connectivity index is 1.67. The molecule has 3 nitrogen and oxygen atoms in total. The molecule has 2 heterocycles. The smallest absolute Gasteiger partial charge is 0.204 e. The van der Waals surface area contributed by atoms with Gasteiger partial charge in [0.2, 0.25) is 5.95 Å². The molecule has 2 atom stereocenters. The predicted octanol–water partition coefficient (Wildman–Crippen LogP) is 5.84. The molecule has 1 aliphatic rings. The van der Waals surface area contributed by atoms with Crippen molar-refractivity contribution < 1.29 is 0 Å². The molecule has 4 heteroatoms. The highest BCUT2D eigenvalue weighted by Crippen LogP contribution is 2.41. The van der Waals surface area contributed by atoms with Crippen LogP contribution in [0, 0.1) is 0 Å². The van der Waals surface area contributed by atoms with Crippen molar-refractivity contribution in [3.63, 3.8) is 0 Å². The van der Waals surface area contributed by atoms with E-state index in [0.717, 1.165) is 28.4 Å². The Morgan fingerprint density at radius 3 is 2.38 bits per heavy atom. The van der Waals surface area contributed by atoms with Crippen molar-refractivity contribution in [3.8, 4) is 0 Å². The van der Waals surface area contributed by atoms with Gasteiger partial charge in [-0.25, -0.2) is 4.98 Å². The van der Waals surface area contributed by atoms with Gasteiger partial charge in [0.15, 0.2) is 0 Å². The van der Waals surface area contributed by atoms with Crippen LogP contribution in [0.4, 0.5) is 5.95 Å². The average molecular weight is 360 g/mol. The fourth-order valence-electron chi connectivity index (χ4n) is 3.88.